The molecule has 1 atom stereocenters. The van der Waals surface area contributed by atoms with Gasteiger partial charge in [-0.2, -0.15) is 5.10 Å². The Balaban J connectivity index is 1.58. The number of para-hydroxylation sites is 1. The Kier molecular flexibility index (Phi) is 4.97. The van der Waals surface area contributed by atoms with E-state index in [9.17, 15) is 13.2 Å². The van der Waals surface area contributed by atoms with Crippen LogP contribution in [0.15, 0.2) is 65.6 Å². The van der Waals surface area contributed by atoms with Crippen molar-refractivity contribution < 1.29 is 13.2 Å². The lowest BCUT2D eigenvalue weighted by atomic mass is 10.1. The lowest BCUT2D eigenvalue weighted by Crippen LogP contribution is -2.28. The molecule has 0 spiro atoms. The van der Waals surface area contributed by atoms with Gasteiger partial charge in [0.05, 0.1) is 22.3 Å². The van der Waals surface area contributed by atoms with Crippen LogP contribution >= 0.6 is 0 Å². The van der Waals surface area contributed by atoms with Gasteiger partial charge in [-0.3, -0.25) is 4.79 Å². The molecule has 4 rings (SSSR count). The first-order chi connectivity index (χ1) is 13.8. The Hall–Kier alpha value is -2.97. The summed E-state index contributed by atoms with van der Waals surface area (Å²) < 4.78 is 24.5. The van der Waals surface area contributed by atoms with Crippen LogP contribution in [-0.2, 0) is 10.0 Å². The molecule has 1 aliphatic rings. The zero-order valence-electron chi connectivity index (χ0n) is 15.9. The Morgan fingerprint density at radius 1 is 1.14 bits per heavy atom. The Bertz CT molecular complexity index is 1130. The van der Waals surface area contributed by atoms with Gasteiger partial charge in [0.15, 0.2) is 0 Å². The van der Waals surface area contributed by atoms with Crippen molar-refractivity contribution in [3.8, 4) is 5.69 Å². The van der Waals surface area contributed by atoms with Crippen molar-refractivity contribution >= 4 is 15.9 Å². The number of hydrogen-bond acceptors (Lipinski definition) is 4. The molecule has 29 heavy (non-hydrogen) atoms. The van der Waals surface area contributed by atoms with E-state index in [2.05, 4.69) is 10.4 Å². The van der Waals surface area contributed by atoms with Crippen LogP contribution in [0, 0.1) is 0 Å². The maximum absolute atomic E-state index is 13.0. The number of carbonyl (C=O) groups is 1. The number of nitrogens with zero attached hydrogens (tertiary/aromatic N) is 2. The second-order valence-electron chi connectivity index (χ2n) is 7.29. The number of amides is 1. The number of carbonyl (C=O) groups excluding carboxylic acids is 1. The molecule has 1 heterocycles. The van der Waals surface area contributed by atoms with Gasteiger partial charge < -0.3 is 5.32 Å². The monoisotopic (exact) mass is 410 g/mol. The van der Waals surface area contributed by atoms with Crippen LogP contribution in [0.4, 0.5) is 0 Å². The van der Waals surface area contributed by atoms with E-state index in [1.54, 1.807) is 16.8 Å². The zero-order chi connectivity index (χ0) is 20.6. The van der Waals surface area contributed by atoms with Crippen LogP contribution in [0.3, 0.4) is 0 Å². The van der Waals surface area contributed by atoms with Crippen molar-refractivity contribution in [1.82, 2.24) is 15.1 Å². The van der Waals surface area contributed by atoms with Gasteiger partial charge in [-0.1, -0.05) is 30.3 Å². The predicted octanol–water partition coefficient (Wildman–Crippen LogP) is 2.89. The molecule has 2 aromatic carbocycles. The van der Waals surface area contributed by atoms with Crippen molar-refractivity contribution in [2.75, 3.05) is 0 Å². The third-order valence-electron chi connectivity index (χ3n) is 5.01. The summed E-state index contributed by atoms with van der Waals surface area (Å²) in [4.78, 5) is 13.1. The molecule has 150 valence electrons. The molecule has 1 unspecified atom stereocenters. The number of primary sulfonamides is 1. The maximum atomic E-state index is 13.0. The molecule has 0 radical (unpaired) electrons. The zero-order valence-corrected chi connectivity index (χ0v) is 16.8. The van der Waals surface area contributed by atoms with E-state index in [0.29, 0.717) is 11.6 Å². The third-order valence-corrected chi connectivity index (χ3v) is 5.94. The van der Waals surface area contributed by atoms with Gasteiger partial charge in [0.25, 0.3) is 5.91 Å². The Morgan fingerprint density at radius 2 is 1.79 bits per heavy atom. The van der Waals surface area contributed by atoms with Crippen LogP contribution in [0.2, 0.25) is 0 Å². The smallest absolute Gasteiger partial charge is 0.270 e. The molecule has 8 heteroatoms. The summed E-state index contributed by atoms with van der Waals surface area (Å²) in [6.07, 6.45) is 2.19. The molecule has 7 nitrogen and oxygen atoms in total. The van der Waals surface area contributed by atoms with Gasteiger partial charge in [-0.05, 0) is 55.7 Å². The Morgan fingerprint density at radius 3 is 2.38 bits per heavy atom. The topological polar surface area (TPSA) is 107 Å². The quantitative estimate of drug-likeness (QED) is 0.651. The van der Waals surface area contributed by atoms with Gasteiger partial charge in [-0.25, -0.2) is 18.2 Å². The van der Waals surface area contributed by atoms with E-state index >= 15 is 0 Å². The van der Waals surface area contributed by atoms with E-state index in [1.165, 1.54) is 12.1 Å². The molecular formula is C21H22N4O3S. The molecule has 1 aliphatic carbocycles. The van der Waals surface area contributed by atoms with E-state index in [-0.39, 0.29) is 16.8 Å². The van der Waals surface area contributed by atoms with E-state index in [4.69, 9.17) is 5.14 Å². The number of nitrogens with one attached hydrogen (secondary N) is 1. The van der Waals surface area contributed by atoms with Crippen molar-refractivity contribution in [1.29, 1.82) is 0 Å². The first-order valence-electron chi connectivity index (χ1n) is 9.42. The highest BCUT2D eigenvalue weighted by molar-refractivity contribution is 7.89. The van der Waals surface area contributed by atoms with Crippen LogP contribution in [0.5, 0.6) is 0 Å². The average molecular weight is 410 g/mol. The fourth-order valence-corrected chi connectivity index (χ4v) is 3.72. The maximum Gasteiger partial charge on any atom is 0.270 e. The Labute approximate surface area is 169 Å². The first-order valence-corrected chi connectivity index (χ1v) is 11.0. The molecule has 0 bridgehead atoms. The van der Waals surface area contributed by atoms with Gasteiger partial charge in [-0.15, -0.1) is 0 Å². The summed E-state index contributed by atoms with van der Waals surface area (Å²) in [6, 6.07) is 17.3. The van der Waals surface area contributed by atoms with Crippen LogP contribution in [-0.4, -0.2) is 24.1 Å². The van der Waals surface area contributed by atoms with E-state index < -0.39 is 10.0 Å². The molecule has 0 aliphatic heterocycles. The molecule has 0 saturated heterocycles. The van der Waals surface area contributed by atoms with Crippen LogP contribution < -0.4 is 10.5 Å². The minimum Gasteiger partial charge on any atom is -0.344 e. The van der Waals surface area contributed by atoms with Gasteiger partial charge >= 0.3 is 0 Å². The van der Waals surface area contributed by atoms with Crippen molar-refractivity contribution in [3.63, 3.8) is 0 Å². The second kappa shape index (κ2) is 7.46. The average Bonchev–Trinajstić information content (AvgIpc) is 3.46. The predicted molar refractivity (Wildman–Crippen MR) is 109 cm³/mol. The van der Waals surface area contributed by atoms with Gasteiger partial charge in [0, 0.05) is 5.92 Å². The number of nitrogens with two attached hydrogens (primary N) is 1. The molecule has 3 N–H and O–H groups in total. The SMILES string of the molecule is CC(NC(=O)c1cc(C2CC2)nn1-c1ccccc1)c1ccc(S(N)(=O)=O)cc1. The summed E-state index contributed by atoms with van der Waals surface area (Å²) >= 11 is 0. The summed E-state index contributed by atoms with van der Waals surface area (Å²) in [6.45, 7) is 1.84. The minimum atomic E-state index is -3.75. The molecule has 3 aromatic rings. The number of aromatic nitrogens is 2. The standard InChI is InChI=1S/C21H22N4O3S/c1-14(15-9-11-18(12-10-15)29(22,27)28)23-21(26)20-13-19(16-7-8-16)24-25(20)17-5-3-2-4-6-17/h2-6,9-14,16H,7-8H2,1H3,(H,23,26)(H2,22,27,28). The lowest BCUT2D eigenvalue weighted by Gasteiger charge is -2.15. The van der Waals surface area contributed by atoms with Crippen molar-refractivity contribution in [2.24, 2.45) is 5.14 Å². The fourth-order valence-electron chi connectivity index (χ4n) is 3.21. The summed E-state index contributed by atoms with van der Waals surface area (Å²) in [5, 5.41) is 12.8. The van der Waals surface area contributed by atoms with E-state index in [1.807, 2.05) is 43.3 Å². The van der Waals surface area contributed by atoms with E-state index in [0.717, 1.165) is 29.8 Å². The molecule has 1 saturated carbocycles. The molecule has 1 aromatic heterocycles. The summed E-state index contributed by atoms with van der Waals surface area (Å²) in [5.74, 6) is 0.186. The number of benzene rings is 2. The van der Waals surface area contributed by atoms with Crippen molar-refractivity contribution in [2.45, 2.75) is 36.6 Å². The fraction of sp³-hybridized carbons (Fsp3) is 0.238. The molecule has 1 fully saturated rings. The first kappa shape index (κ1) is 19.4. The number of sulfonamides is 1. The highest BCUT2D eigenvalue weighted by Gasteiger charge is 2.29. The second-order valence-corrected chi connectivity index (χ2v) is 8.85. The largest absolute Gasteiger partial charge is 0.344 e. The van der Waals surface area contributed by atoms with Gasteiger partial charge in [0.2, 0.25) is 10.0 Å². The summed E-state index contributed by atoms with van der Waals surface area (Å²) in [7, 11) is -3.75. The normalized spacial score (nSPS) is 15.1. The lowest BCUT2D eigenvalue weighted by molar-refractivity contribution is 0.0932. The molecular weight excluding hydrogens is 388 g/mol. The van der Waals surface area contributed by atoms with Crippen LogP contribution in [0.25, 0.3) is 5.69 Å². The number of hydrogen-bond donors (Lipinski definition) is 2. The summed E-state index contributed by atoms with van der Waals surface area (Å²) in [5.41, 5.74) is 3.02. The molecule has 1 amide bonds. The highest BCUT2D eigenvalue weighted by Crippen LogP contribution is 2.39. The van der Waals surface area contributed by atoms with Crippen LogP contribution in [0.1, 0.15) is 53.5 Å². The highest BCUT2D eigenvalue weighted by atomic mass is 32.2. The van der Waals surface area contributed by atoms with Gasteiger partial charge in [0.1, 0.15) is 5.69 Å². The van der Waals surface area contributed by atoms with Crippen molar-refractivity contribution in [3.05, 3.63) is 77.6 Å². The minimum absolute atomic E-state index is 0.0380. The number of rotatable bonds is 6. The third kappa shape index (κ3) is 4.23.